The van der Waals surface area contributed by atoms with E-state index in [0.29, 0.717) is 17.8 Å². The lowest BCUT2D eigenvalue weighted by Gasteiger charge is -2.20. The Morgan fingerprint density at radius 3 is 2.14 bits per heavy atom. The van der Waals surface area contributed by atoms with Gasteiger partial charge in [0.05, 0.1) is 12.2 Å². The molecule has 42 heavy (non-hydrogen) atoms. The number of aliphatic hydroxyl groups is 1. The number of esters is 2. The first-order valence-corrected chi connectivity index (χ1v) is 14.0. The average Bonchev–Trinajstić information content (AvgIpc) is 3.27. The third-order valence-corrected chi connectivity index (χ3v) is 6.07. The monoisotopic (exact) mass is 580 g/mol. The Hall–Kier alpha value is -4.18. The number of aryl methyl sites for hydroxylation is 1. The van der Waals surface area contributed by atoms with Gasteiger partial charge in [0, 0.05) is 13.0 Å². The lowest BCUT2D eigenvalue weighted by molar-refractivity contribution is -0.0275. The fraction of sp³-hybridized carbons (Fsp3) is 0.438. The second-order valence-electron chi connectivity index (χ2n) is 11.2. The first kappa shape index (κ1) is 32.3. The van der Waals surface area contributed by atoms with E-state index in [4.69, 9.17) is 18.9 Å². The van der Waals surface area contributed by atoms with E-state index in [2.05, 4.69) is 4.98 Å². The second-order valence-corrected chi connectivity index (χ2v) is 11.2. The Morgan fingerprint density at radius 1 is 0.881 bits per heavy atom. The molecule has 0 radical (unpaired) electrons. The highest BCUT2D eigenvalue weighted by atomic mass is 16.8. The van der Waals surface area contributed by atoms with E-state index >= 15 is 0 Å². The Bertz CT molecular complexity index is 1400. The van der Waals surface area contributed by atoms with Gasteiger partial charge in [-0.25, -0.2) is 19.4 Å². The molecule has 0 saturated carbocycles. The fourth-order valence-corrected chi connectivity index (χ4v) is 4.29. The Morgan fingerprint density at radius 2 is 1.55 bits per heavy atom. The number of carbonyl (C=O) groups excluding carboxylic acids is 3. The summed E-state index contributed by atoms with van der Waals surface area (Å²) in [5.74, 6) is -0.597. The molecule has 1 aromatic heterocycles. The standard InChI is InChI=1S/C32H40N2O8/c1-8-12-25-33-27(32(6,7)38)26(29(36)40-20-41-30(37)39-9-2)34(25)19-21-15-17-22(18-16-21)23-13-10-11-14-24(23)28(35)42-31(3,4)5/h10-11,13-18,38H,8-9,12,19-20H2,1-7H3. The molecule has 0 aliphatic carbocycles. The molecule has 0 fully saturated rings. The van der Waals surface area contributed by atoms with Crippen molar-refractivity contribution in [2.24, 2.45) is 0 Å². The van der Waals surface area contributed by atoms with Gasteiger partial charge < -0.3 is 28.6 Å². The van der Waals surface area contributed by atoms with Crippen molar-refractivity contribution in [1.82, 2.24) is 9.55 Å². The van der Waals surface area contributed by atoms with Crippen LogP contribution in [0.4, 0.5) is 4.79 Å². The predicted octanol–water partition coefficient (Wildman–Crippen LogP) is 6.02. The third-order valence-electron chi connectivity index (χ3n) is 6.07. The number of nitrogens with zero attached hydrogens (tertiary/aromatic N) is 2. The number of hydrogen-bond acceptors (Lipinski definition) is 9. The van der Waals surface area contributed by atoms with Crippen LogP contribution in [0.25, 0.3) is 11.1 Å². The number of benzene rings is 2. The van der Waals surface area contributed by atoms with Gasteiger partial charge in [-0.3, -0.25) is 0 Å². The van der Waals surface area contributed by atoms with Crippen LogP contribution in [0, 0.1) is 0 Å². The van der Waals surface area contributed by atoms with Gasteiger partial charge >= 0.3 is 18.1 Å². The Labute approximate surface area is 246 Å². The van der Waals surface area contributed by atoms with E-state index < -0.39 is 36.1 Å². The highest BCUT2D eigenvalue weighted by Crippen LogP contribution is 2.29. The molecule has 1 N–H and O–H groups in total. The van der Waals surface area contributed by atoms with Crippen molar-refractivity contribution in [3.8, 4) is 11.1 Å². The average molecular weight is 581 g/mol. The number of carbonyl (C=O) groups is 3. The topological polar surface area (TPSA) is 126 Å². The van der Waals surface area contributed by atoms with Crippen LogP contribution >= 0.6 is 0 Å². The molecule has 10 heteroatoms. The van der Waals surface area contributed by atoms with Gasteiger partial charge in [-0.2, -0.15) is 0 Å². The first-order chi connectivity index (χ1) is 19.7. The maximum Gasteiger partial charge on any atom is 0.511 e. The minimum absolute atomic E-state index is 0.0674. The van der Waals surface area contributed by atoms with Gasteiger partial charge in [0.1, 0.15) is 22.7 Å². The molecule has 2 aromatic carbocycles. The number of imidazole rings is 1. The van der Waals surface area contributed by atoms with E-state index in [9.17, 15) is 19.5 Å². The van der Waals surface area contributed by atoms with Crippen molar-refractivity contribution in [2.45, 2.75) is 79.1 Å². The molecule has 10 nitrogen and oxygen atoms in total. The van der Waals surface area contributed by atoms with Gasteiger partial charge in [0.2, 0.25) is 6.79 Å². The van der Waals surface area contributed by atoms with E-state index in [1.54, 1.807) is 23.6 Å². The minimum atomic E-state index is -1.45. The molecular weight excluding hydrogens is 540 g/mol. The maximum absolute atomic E-state index is 13.2. The molecule has 0 amide bonds. The molecule has 3 aromatic rings. The van der Waals surface area contributed by atoms with Crippen LogP contribution in [-0.4, -0.2) is 51.8 Å². The molecule has 1 heterocycles. The van der Waals surface area contributed by atoms with Gasteiger partial charge in [-0.05, 0) is 70.7 Å². The van der Waals surface area contributed by atoms with Crippen molar-refractivity contribution in [1.29, 1.82) is 0 Å². The summed E-state index contributed by atoms with van der Waals surface area (Å²) < 4.78 is 22.0. The van der Waals surface area contributed by atoms with Crippen molar-refractivity contribution in [3.63, 3.8) is 0 Å². The highest BCUT2D eigenvalue weighted by Gasteiger charge is 2.33. The van der Waals surface area contributed by atoms with Gasteiger partial charge in [0.25, 0.3) is 0 Å². The molecule has 0 aliphatic rings. The first-order valence-electron chi connectivity index (χ1n) is 14.0. The fourth-order valence-electron chi connectivity index (χ4n) is 4.29. The lowest BCUT2D eigenvalue weighted by atomic mass is 9.98. The quantitative estimate of drug-likeness (QED) is 0.165. The molecule has 226 valence electrons. The van der Waals surface area contributed by atoms with Crippen LogP contribution in [0.15, 0.2) is 48.5 Å². The molecule has 0 unspecified atom stereocenters. The van der Waals surface area contributed by atoms with Gasteiger partial charge in [-0.1, -0.05) is 49.4 Å². The zero-order valence-electron chi connectivity index (χ0n) is 25.4. The van der Waals surface area contributed by atoms with Crippen molar-refractivity contribution >= 4 is 18.1 Å². The van der Waals surface area contributed by atoms with Gasteiger partial charge in [0.15, 0.2) is 5.69 Å². The molecule has 0 atom stereocenters. The summed E-state index contributed by atoms with van der Waals surface area (Å²) in [4.78, 5) is 42.2. The normalized spacial score (nSPS) is 11.6. The van der Waals surface area contributed by atoms with Crippen LogP contribution < -0.4 is 0 Å². The molecule has 0 spiro atoms. The van der Waals surface area contributed by atoms with Gasteiger partial charge in [-0.15, -0.1) is 0 Å². The minimum Gasteiger partial charge on any atom is -0.456 e. The lowest BCUT2D eigenvalue weighted by Crippen LogP contribution is -2.24. The smallest absolute Gasteiger partial charge is 0.456 e. The number of ether oxygens (including phenoxy) is 4. The zero-order chi connectivity index (χ0) is 31.1. The molecular formula is C32H40N2O8. The highest BCUT2D eigenvalue weighted by molar-refractivity contribution is 5.97. The van der Waals surface area contributed by atoms with E-state index in [0.717, 1.165) is 23.1 Å². The molecule has 3 rings (SSSR count). The SMILES string of the molecule is CCCc1nc(C(C)(C)O)c(C(=O)OCOC(=O)OCC)n1Cc1ccc(-c2ccccc2C(=O)OC(C)(C)C)cc1. The molecule has 0 aliphatic heterocycles. The van der Waals surface area contributed by atoms with E-state index in [1.165, 1.54) is 13.8 Å². The van der Waals surface area contributed by atoms with Crippen LogP contribution in [0.3, 0.4) is 0 Å². The van der Waals surface area contributed by atoms with Crippen molar-refractivity contribution in [3.05, 3.63) is 76.9 Å². The second kappa shape index (κ2) is 13.7. The maximum atomic E-state index is 13.2. The number of aromatic nitrogens is 2. The van der Waals surface area contributed by atoms with Crippen LogP contribution in [-0.2, 0) is 37.5 Å². The summed E-state index contributed by atoms with van der Waals surface area (Å²) in [6.07, 6.45) is 0.349. The van der Waals surface area contributed by atoms with Crippen molar-refractivity contribution in [2.75, 3.05) is 13.4 Å². The van der Waals surface area contributed by atoms with E-state index in [-0.39, 0.29) is 24.5 Å². The summed E-state index contributed by atoms with van der Waals surface area (Å²) in [7, 11) is 0. The summed E-state index contributed by atoms with van der Waals surface area (Å²) in [6, 6.07) is 14.9. The molecule has 0 bridgehead atoms. The summed E-state index contributed by atoms with van der Waals surface area (Å²) in [5.41, 5.74) is 1.04. The summed E-state index contributed by atoms with van der Waals surface area (Å²) in [6.45, 7) is 11.9. The Balaban J connectivity index is 1.94. The number of hydrogen-bond donors (Lipinski definition) is 1. The van der Waals surface area contributed by atoms with Crippen LogP contribution in [0.2, 0.25) is 0 Å². The summed E-state index contributed by atoms with van der Waals surface area (Å²) in [5, 5.41) is 10.9. The predicted molar refractivity (Wildman–Crippen MR) is 156 cm³/mol. The summed E-state index contributed by atoms with van der Waals surface area (Å²) >= 11 is 0. The van der Waals surface area contributed by atoms with Crippen LogP contribution in [0.1, 0.15) is 92.8 Å². The largest absolute Gasteiger partial charge is 0.511 e. The van der Waals surface area contributed by atoms with Crippen molar-refractivity contribution < 1.29 is 38.4 Å². The zero-order valence-corrected chi connectivity index (χ0v) is 25.4. The Kier molecular flexibility index (Phi) is 10.5. The van der Waals surface area contributed by atoms with E-state index in [1.807, 2.05) is 64.1 Å². The number of rotatable bonds is 11. The third kappa shape index (κ3) is 8.42. The molecule has 0 saturated heterocycles. The van der Waals surface area contributed by atoms with Crippen LogP contribution in [0.5, 0.6) is 0 Å².